The van der Waals surface area contributed by atoms with Crippen molar-refractivity contribution in [2.75, 3.05) is 13.1 Å². The Bertz CT molecular complexity index is 737. The molecule has 2 heterocycles. The van der Waals surface area contributed by atoms with Gasteiger partial charge < -0.3 is 20.5 Å². The number of urea groups is 1. The van der Waals surface area contributed by atoms with E-state index in [4.69, 9.17) is 0 Å². The molecule has 0 bridgehead atoms. The second-order valence-electron chi connectivity index (χ2n) is 6.55. The molecule has 1 unspecified atom stereocenters. The van der Waals surface area contributed by atoms with Crippen molar-refractivity contribution in [3.8, 4) is 0 Å². The van der Waals surface area contributed by atoms with Crippen molar-refractivity contribution >= 4 is 22.8 Å². The lowest BCUT2D eigenvalue weighted by Gasteiger charge is -2.21. The summed E-state index contributed by atoms with van der Waals surface area (Å²) in [5.41, 5.74) is 2.29. The largest absolute Gasteiger partial charge is 0.361 e. The molecule has 1 aromatic carbocycles. The van der Waals surface area contributed by atoms with E-state index >= 15 is 0 Å². The summed E-state index contributed by atoms with van der Waals surface area (Å²) in [6.45, 7) is 5.12. The van der Waals surface area contributed by atoms with E-state index in [1.54, 1.807) is 4.90 Å². The molecule has 0 saturated carbocycles. The molecule has 3 amide bonds. The standard InChI is InChI=1S/C18H24N4O2/c1-12(2)22-11-14(9-17(22)23)21-18(24)19-8-7-13-10-20-16-6-4-3-5-15(13)16/h3-6,10,12,14,20H,7-9,11H2,1-2H3,(H2,19,21,24). The lowest BCUT2D eigenvalue weighted by molar-refractivity contribution is -0.129. The average molecular weight is 328 g/mol. The van der Waals surface area contributed by atoms with Crippen molar-refractivity contribution in [1.82, 2.24) is 20.5 Å². The van der Waals surface area contributed by atoms with Gasteiger partial charge in [0.1, 0.15) is 0 Å². The Kier molecular flexibility index (Phi) is 4.74. The molecule has 6 heteroatoms. The molecule has 0 radical (unpaired) electrons. The van der Waals surface area contributed by atoms with Crippen LogP contribution in [-0.2, 0) is 11.2 Å². The van der Waals surface area contributed by atoms with Crippen LogP contribution in [0.3, 0.4) is 0 Å². The van der Waals surface area contributed by atoms with Crippen molar-refractivity contribution in [1.29, 1.82) is 0 Å². The first-order valence-corrected chi connectivity index (χ1v) is 8.43. The molecule has 1 saturated heterocycles. The molecule has 0 spiro atoms. The van der Waals surface area contributed by atoms with Crippen LogP contribution in [0.1, 0.15) is 25.8 Å². The van der Waals surface area contributed by atoms with E-state index in [0.717, 1.165) is 11.9 Å². The number of hydrogen-bond acceptors (Lipinski definition) is 2. The van der Waals surface area contributed by atoms with E-state index in [-0.39, 0.29) is 24.0 Å². The fourth-order valence-corrected chi connectivity index (χ4v) is 3.21. The van der Waals surface area contributed by atoms with Gasteiger partial charge in [0.25, 0.3) is 0 Å². The molecular weight excluding hydrogens is 304 g/mol. The molecule has 3 rings (SSSR count). The summed E-state index contributed by atoms with van der Waals surface area (Å²) in [4.78, 5) is 28.9. The SMILES string of the molecule is CC(C)N1CC(NC(=O)NCCc2c[nH]c3ccccc23)CC1=O. The minimum atomic E-state index is -0.210. The second-order valence-corrected chi connectivity index (χ2v) is 6.55. The number of fused-ring (bicyclic) bond motifs is 1. The zero-order valence-electron chi connectivity index (χ0n) is 14.1. The Labute approximate surface area is 141 Å². The van der Waals surface area contributed by atoms with Crippen molar-refractivity contribution in [2.24, 2.45) is 0 Å². The minimum Gasteiger partial charge on any atom is -0.361 e. The van der Waals surface area contributed by atoms with Crippen LogP contribution in [0.25, 0.3) is 10.9 Å². The zero-order valence-corrected chi connectivity index (χ0v) is 14.1. The Balaban J connectivity index is 1.46. The quantitative estimate of drug-likeness (QED) is 0.785. The smallest absolute Gasteiger partial charge is 0.315 e. The zero-order chi connectivity index (χ0) is 17.1. The predicted octanol–water partition coefficient (Wildman–Crippen LogP) is 2.02. The van der Waals surface area contributed by atoms with Gasteiger partial charge in [0.15, 0.2) is 0 Å². The summed E-state index contributed by atoms with van der Waals surface area (Å²) >= 11 is 0. The summed E-state index contributed by atoms with van der Waals surface area (Å²) in [5.74, 6) is 0.106. The number of amides is 3. The van der Waals surface area contributed by atoms with Crippen molar-refractivity contribution in [3.05, 3.63) is 36.0 Å². The third kappa shape index (κ3) is 3.53. The van der Waals surface area contributed by atoms with E-state index in [2.05, 4.69) is 21.7 Å². The number of rotatable bonds is 5. The lowest BCUT2D eigenvalue weighted by atomic mass is 10.1. The third-order valence-corrected chi connectivity index (χ3v) is 4.47. The van der Waals surface area contributed by atoms with Crippen LogP contribution >= 0.6 is 0 Å². The highest BCUT2D eigenvalue weighted by Crippen LogP contribution is 2.17. The molecule has 1 atom stereocenters. The van der Waals surface area contributed by atoms with Crippen molar-refractivity contribution < 1.29 is 9.59 Å². The maximum Gasteiger partial charge on any atom is 0.315 e. The lowest BCUT2D eigenvalue weighted by Crippen LogP contribution is -2.44. The van der Waals surface area contributed by atoms with E-state index in [9.17, 15) is 9.59 Å². The number of aromatic amines is 1. The molecule has 1 fully saturated rings. The Hall–Kier alpha value is -2.50. The molecule has 1 aliphatic heterocycles. The van der Waals surface area contributed by atoms with Crippen LogP contribution in [0.2, 0.25) is 0 Å². The Morgan fingerprint density at radius 2 is 2.17 bits per heavy atom. The Morgan fingerprint density at radius 3 is 2.92 bits per heavy atom. The first-order chi connectivity index (χ1) is 11.5. The van der Waals surface area contributed by atoms with E-state index in [1.165, 1.54) is 10.9 Å². The van der Waals surface area contributed by atoms with Gasteiger partial charge in [-0.25, -0.2) is 4.79 Å². The maximum absolute atomic E-state index is 12.0. The first-order valence-electron chi connectivity index (χ1n) is 8.43. The summed E-state index contributed by atoms with van der Waals surface area (Å²) in [6, 6.07) is 7.98. The van der Waals surface area contributed by atoms with Gasteiger partial charge in [-0.2, -0.15) is 0 Å². The molecule has 0 aliphatic carbocycles. The summed E-state index contributed by atoms with van der Waals surface area (Å²) in [5, 5.41) is 6.96. The van der Waals surface area contributed by atoms with Gasteiger partial charge >= 0.3 is 6.03 Å². The highest BCUT2D eigenvalue weighted by atomic mass is 16.2. The fourth-order valence-electron chi connectivity index (χ4n) is 3.21. The molecular formula is C18H24N4O2. The third-order valence-electron chi connectivity index (χ3n) is 4.47. The first kappa shape index (κ1) is 16.4. The van der Waals surface area contributed by atoms with E-state index < -0.39 is 0 Å². The number of hydrogen-bond donors (Lipinski definition) is 3. The van der Waals surface area contributed by atoms with Crippen molar-refractivity contribution in [3.63, 3.8) is 0 Å². The predicted molar refractivity (Wildman–Crippen MR) is 93.8 cm³/mol. The van der Waals surface area contributed by atoms with Gasteiger partial charge in [-0.05, 0) is 31.9 Å². The molecule has 3 N–H and O–H groups in total. The van der Waals surface area contributed by atoms with Crippen LogP contribution in [0.5, 0.6) is 0 Å². The summed E-state index contributed by atoms with van der Waals surface area (Å²) in [7, 11) is 0. The number of carbonyl (C=O) groups is 2. The summed E-state index contributed by atoms with van der Waals surface area (Å²) in [6.07, 6.45) is 3.13. The van der Waals surface area contributed by atoms with E-state index in [0.29, 0.717) is 19.5 Å². The highest BCUT2D eigenvalue weighted by Gasteiger charge is 2.31. The van der Waals surface area contributed by atoms with Crippen LogP contribution in [0, 0.1) is 0 Å². The molecule has 1 aliphatic rings. The van der Waals surface area contributed by atoms with Crippen LogP contribution in [0.4, 0.5) is 4.79 Å². The fraction of sp³-hybridized carbons (Fsp3) is 0.444. The second kappa shape index (κ2) is 6.95. The highest BCUT2D eigenvalue weighted by molar-refractivity contribution is 5.83. The maximum atomic E-state index is 12.0. The van der Waals surface area contributed by atoms with Gasteiger partial charge in [-0.15, -0.1) is 0 Å². The van der Waals surface area contributed by atoms with Gasteiger partial charge in [0.2, 0.25) is 5.91 Å². The molecule has 2 aromatic rings. The Morgan fingerprint density at radius 1 is 1.38 bits per heavy atom. The monoisotopic (exact) mass is 328 g/mol. The molecule has 128 valence electrons. The number of aromatic nitrogens is 1. The number of carbonyl (C=O) groups excluding carboxylic acids is 2. The van der Waals surface area contributed by atoms with E-state index in [1.807, 2.05) is 38.2 Å². The number of H-pyrrole nitrogens is 1. The summed E-state index contributed by atoms with van der Waals surface area (Å²) < 4.78 is 0. The van der Waals surface area contributed by atoms with Crippen LogP contribution in [-0.4, -0.2) is 47.0 Å². The van der Waals surface area contributed by atoms with Crippen molar-refractivity contribution in [2.45, 2.75) is 38.8 Å². The normalized spacial score (nSPS) is 17.7. The number of nitrogens with zero attached hydrogens (tertiary/aromatic N) is 1. The van der Waals surface area contributed by atoms with Crippen LogP contribution in [0.15, 0.2) is 30.5 Å². The number of para-hydroxylation sites is 1. The number of benzene rings is 1. The number of likely N-dealkylation sites (tertiary alicyclic amines) is 1. The van der Waals surface area contributed by atoms with Gasteiger partial charge in [-0.1, -0.05) is 18.2 Å². The number of nitrogens with one attached hydrogen (secondary N) is 3. The molecule has 24 heavy (non-hydrogen) atoms. The average Bonchev–Trinajstić information content (AvgIpc) is 3.11. The van der Waals surface area contributed by atoms with Gasteiger partial charge in [0, 0.05) is 42.7 Å². The molecule has 6 nitrogen and oxygen atoms in total. The van der Waals surface area contributed by atoms with Gasteiger partial charge in [0.05, 0.1) is 6.04 Å². The topological polar surface area (TPSA) is 77.2 Å². The van der Waals surface area contributed by atoms with Gasteiger partial charge in [-0.3, -0.25) is 4.79 Å². The van der Waals surface area contributed by atoms with Crippen LogP contribution < -0.4 is 10.6 Å². The molecule has 1 aromatic heterocycles. The minimum absolute atomic E-state index is 0.104.